The summed E-state index contributed by atoms with van der Waals surface area (Å²) in [4.78, 5) is 23.4. The molecule has 27 heavy (non-hydrogen) atoms. The number of carbonyl (C=O) groups excluding carboxylic acids is 1. The molecule has 0 aliphatic rings. The minimum absolute atomic E-state index is 0.00310. The van der Waals surface area contributed by atoms with Crippen LogP contribution in [0, 0.1) is 12.8 Å². The Kier molecular flexibility index (Phi) is 7.40. The molecule has 2 amide bonds. The van der Waals surface area contributed by atoms with Gasteiger partial charge in [0, 0.05) is 19.0 Å². The van der Waals surface area contributed by atoms with Crippen LogP contribution in [0.15, 0.2) is 36.5 Å². The number of aliphatic carboxylic acids is 1. The van der Waals surface area contributed by atoms with E-state index in [1.54, 1.807) is 6.20 Å². The van der Waals surface area contributed by atoms with E-state index in [1.807, 2.05) is 41.9 Å². The highest BCUT2D eigenvalue weighted by atomic mass is 16.4. The predicted molar refractivity (Wildman–Crippen MR) is 105 cm³/mol. The fourth-order valence-corrected chi connectivity index (χ4v) is 2.86. The molecule has 1 aromatic carbocycles. The lowest BCUT2D eigenvalue weighted by Crippen LogP contribution is -2.39. The van der Waals surface area contributed by atoms with Gasteiger partial charge >= 0.3 is 12.0 Å². The van der Waals surface area contributed by atoms with Crippen LogP contribution in [0.3, 0.4) is 0 Å². The van der Waals surface area contributed by atoms with Gasteiger partial charge in [-0.25, -0.2) is 4.79 Å². The van der Waals surface area contributed by atoms with Crippen molar-refractivity contribution in [2.75, 3.05) is 5.32 Å². The maximum Gasteiger partial charge on any atom is 0.319 e. The zero-order chi connectivity index (χ0) is 19.8. The van der Waals surface area contributed by atoms with Gasteiger partial charge in [-0.1, -0.05) is 44.2 Å². The highest BCUT2D eigenvalue weighted by molar-refractivity contribution is 5.89. The number of hydrogen-bond donors (Lipinski definition) is 3. The first kappa shape index (κ1) is 20.5. The molecule has 7 nitrogen and oxygen atoms in total. The van der Waals surface area contributed by atoms with Gasteiger partial charge in [0.2, 0.25) is 0 Å². The van der Waals surface area contributed by atoms with Crippen LogP contribution in [-0.4, -0.2) is 32.9 Å². The molecule has 3 N–H and O–H groups in total. The Morgan fingerprint density at radius 2 is 1.93 bits per heavy atom. The average molecular weight is 372 g/mol. The van der Waals surface area contributed by atoms with E-state index in [1.165, 1.54) is 0 Å². The minimum Gasteiger partial charge on any atom is -0.481 e. The molecule has 0 saturated carbocycles. The standard InChI is InChI=1S/C20H28N4O3/c1-14(2)13-24-15(3)18(12-21-24)23-20(27)22-17(9-10-19(25)26)11-16-7-5-4-6-8-16/h4-8,12,14,17H,9-11,13H2,1-3H3,(H,25,26)(H2,22,23,27). The molecule has 2 aromatic rings. The molecule has 0 spiro atoms. The van der Waals surface area contributed by atoms with Crippen molar-refractivity contribution in [2.45, 2.75) is 52.6 Å². The molecular formula is C20H28N4O3. The quantitative estimate of drug-likeness (QED) is 0.628. The van der Waals surface area contributed by atoms with Crippen LogP contribution in [0.2, 0.25) is 0 Å². The summed E-state index contributed by atoms with van der Waals surface area (Å²) >= 11 is 0. The molecule has 0 fully saturated rings. The van der Waals surface area contributed by atoms with Gasteiger partial charge in [0.25, 0.3) is 0 Å². The number of anilines is 1. The Morgan fingerprint density at radius 1 is 1.22 bits per heavy atom. The maximum absolute atomic E-state index is 12.4. The van der Waals surface area contributed by atoms with Crippen molar-refractivity contribution >= 4 is 17.7 Å². The zero-order valence-electron chi connectivity index (χ0n) is 16.1. The number of nitrogens with zero attached hydrogens (tertiary/aromatic N) is 2. The highest BCUT2D eigenvalue weighted by Crippen LogP contribution is 2.15. The second kappa shape index (κ2) is 9.75. The molecule has 1 unspecified atom stereocenters. The fourth-order valence-electron chi connectivity index (χ4n) is 2.86. The first-order valence-electron chi connectivity index (χ1n) is 9.20. The van der Waals surface area contributed by atoms with Crippen LogP contribution in [0.4, 0.5) is 10.5 Å². The summed E-state index contributed by atoms with van der Waals surface area (Å²) < 4.78 is 1.87. The van der Waals surface area contributed by atoms with Gasteiger partial charge in [0.05, 0.1) is 17.6 Å². The van der Waals surface area contributed by atoms with Gasteiger partial charge in [0.15, 0.2) is 0 Å². The van der Waals surface area contributed by atoms with E-state index in [9.17, 15) is 9.59 Å². The van der Waals surface area contributed by atoms with E-state index in [4.69, 9.17) is 5.11 Å². The molecule has 0 saturated heterocycles. The number of carbonyl (C=O) groups is 2. The summed E-state index contributed by atoms with van der Waals surface area (Å²) in [6.07, 6.45) is 2.58. The number of carboxylic acid groups (broad SMARTS) is 1. The van der Waals surface area contributed by atoms with Gasteiger partial charge in [-0.15, -0.1) is 0 Å². The first-order valence-corrected chi connectivity index (χ1v) is 9.20. The monoisotopic (exact) mass is 372 g/mol. The van der Waals surface area contributed by atoms with Crippen molar-refractivity contribution < 1.29 is 14.7 Å². The molecule has 0 aliphatic carbocycles. The highest BCUT2D eigenvalue weighted by Gasteiger charge is 2.16. The van der Waals surface area contributed by atoms with Crippen molar-refractivity contribution in [1.82, 2.24) is 15.1 Å². The average Bonchev–Trinajstić information content (AvgIpc) is 2.93. The lowest BCUT2D eigenvalue weighted by molar-refractivity contribution is -0.137. The molecule has 0 bridgehead atoms. The summed E-state index contributed by atoms with van der Waals surface area (Å²) in [6, 6.07) is 9.09. The van der Waals surface area contributed by atoms with Gasteiger partial charge in [0.1, 0.15) is 0 Å². The smallest absolute Gasteiger partial charge is 0.319 e. The van der Waals surface area contributed by atoms with Crippen LogP contribution in [0.25, 0.3) is 0 Å². The SMILES string of the molecule is Cc1c(NC(=O)NC(CCC(=O)O)Cc2ccccc2)cnn1CC(C)C. The molecule has 7 heteroatoms. The molecule has 1 aromatic heterocycles. The predicted octanol–water partition coefficient (Wildman–Crippen LogP) is 3.45. The summed E-state index contributed by atoms with van der Waals surface area (Å²) in [5.41, 5.74) is 2.60. The van der Waals surface area contributed by atoms with Crippen LogP contribution in [0.1, 0.15) is 37.9 Å². The van der Waals surface area contributed by atoms with Crippen molar-refractivity contribution in [2.24, 2.45) is 5.92 Å². The van der Waals surface area contributed by atoms with Crippen LogP contribution < -0.4 is 10.6 Å². The maximum atomic E-state index is 12.4. The van der Waals surface area contributed by atoms with Gasteiger partial charge in [-0.2, -0.15) is 5.10 Å². The first-order chi connectivity index (χ1) is 12.8. The lowest BCUT2D eigenvalue weighted by atomic mass is 10.0. The van der Waals surface area contributed by atoms with E-state index >= 15 is 0 Å². The number of carboxylic acids is 1. The summed E-state index contributed by atoms with van der Waals surface area (Å²) in [7, 11) is 0. The molecule has 0 radical (unpaired) electrons. The number of amides is 2. The van der Waals surface area contributed by atoms with Crippen LogP contribution in [-0.2, 0) is 17.8 Å². The van der Waals surface area contributed by atoms with E-state index in [0.29, 0.717) is 24.4 Å². The van der Waals surface area contributed by atoms with E-state index < -0.39 is 5.97 Å². The number of aromatic nitrogens is 2. The van der Waals surface area contributed by atoms with Crippen molar-refractivity contribution in [3.8, 4) is 0 Å². The fraction of sp³-hybridized carbons (Fsp3) is 0.450. The molecule has 1 heterocycles. The normalized spacial score (nSPS) is 12.0. The third-order valence-corrected chi connectivity index (χ3v) is 4.26. The molecule has 0 aliphatic heterocycles. The molecule has 146 valence electrons. The van der Waals surface area contributed by atoms with Crippen molar-refractivity contribution in [1.29, 1.82) is 0 Å². The van der Waals surface area contributed by atoms with Crippen molar-refractivity contribution in [3.63, 3.8) is 0 Å². The summed E-state index contributed by atoms with van der Waals surface area (Å²) in [5, 5.41) is 19.0. The Balaban J connectivity index is 2.00. The Labute approximate surface area is 159 Å². The minimum atomic E-state index is -0.874. The Hall–Kier alpha value is -2.83. The van der Waals surface area contributed by atoms with E-state index in [-0.39, 0.29) is 18.5 Å². The van der Waals surface area contributed by atoms with Crippen LogP contribution in [0.5, 0.6) is 0 Å². The lowest BCUT2D eigenvalue weighted by Gasteiger charge is -2.18. The Morgan fingerprint density at radius 3 is 2.56 bits per heavy atom. The Bertz CT molecular complexity index is 756. The van der Waals surface area contributed by atoms with Gasteiger partial charge in [-0.05, 0) is 31.2 Å². The molecular weight excluding hydrogens is 344 g/mol. The second-order valence-corrected chi connectivity index (χ2v) is 7.14. The van der Waals surface area contributed by atoms with E-state index in [2.05, 4.69) is 29.6 Å². The molecule has 2 rings (SSSR count). The molecule has 1 atom stereocenters. The van der Waals surface area contributed by atoms with E-state index in [0.717, 1.165) is 17.8 Å². The van der Waals surface area contributed by atoms with Crippen molar-refractivity contribution in [3.05, 3.63) is 47.8 Å². The third-order valence-electron chi connectivity index (χ3n) is 4.26. The van der Waals surface area contributed by atoms with Crippen LogP contribution >= 0.6 is 0 Å². The third kappa shape index (κ3) is 6.77. The summed E-state index contributed by atoms with van der Waals surface area (Å²) in [5.74, 6) is -0.419. The number of rotatable bonds is 9. The number of hydrogen-bond acceptors (Lipinski definition) is 3. The number of benzene rings is 1. The van der Waals surface area contributed by atoms with Gasteiger partial charge in [-0.3, -0.25) is 9.48 Å². The van der Waals surface area contributed by atoms with Gasteiger partial charge < -0.3 is 15.7 Å². The summed E-state index contributed by atoms with van der Waals surface area (Å²) in [6.45, 7) is 6.91. The number of nitrogens with one attached hydrogen (secondary N) is 2. The largest absolute Gasteiger partial charge is 0.481 e. The second-order valence-electron chi connectivity index (χ2n) is 7.14. The zero-order valence-corrected chi connectivity index (χ0v) is 16.1. The number of urea groups is 1. The topological polar surface area (TPSA) is 96.2 Å².